The zero-order valence-electron chi connectivity index (χ0n) is 28.0. The molecule has 3 aliphatic rings. The van der Waals surface area contributed by atoms with Crippen molar-refractivity contribution >= 4 is 23.4 Å². The average Bonchev–Trinajstić information content (AvgIpc) is 2.94. The number of aromatic nitrogens is 3. The monoisotopic (exact) mass is 612 g/mol. The number of aliphatic carboxylic acids is 1. The van der Waals surface area contributed by atoms with Gasteiger partial charge in [0, 0.05) is 68.0 Å². The molecule has 3 aromatic rings. The fourth-order valence-electron chi connectivity index (χ4n) is 6.84. The second-order valence-electron chi connectivity index (χ2n) is 14.7. The summed E-state index contributed by atoms with van der Waals surface area (Å²) < 4.78 is 6.26. The van der Waals surface area contributed by atoms with Gasteiger partial charge < -0.3 is 24.5 Å². The number of ether oxygens (including phenoxy) is 1. The van der Waals surface area contributed by atoms with E-state index >= 15 is 0 Å². The molecule has 240 valence electrons. The van der Waals surface area contributed by atoms with Gasteiger partial charge in [0.15, 0.2) is 6.10 Å². The predicted molar refractivity (Wildman–Crippen MR) is 179 cm³/mol. The second-order valence-corrected chi connectivity index (χ2v) is 14.7. The Bertz CT molecular complexity index is 1580. The number of benzene rings is 1. The summed E-state index contributed by atoms with van der Waals surface area (Å²) in [5.41, 5.74) is 7.55. The van der Waals surface area contributed by atoms with E-state index in [1.807, 2.05) is 40.0 Å². The maximum atomic E-state index is 12.8. The Morgan fingerprint density at radius 1 is 0.933 bits per heavy atom. The maximum Gasteiger partial charge on any atom is 0.337 e. The molecular weight excluding hydrogens is 564 g/mol. The standard InChI is InChI=1S/C36H48N6O3/c1-23-29(26-9-10-27-22-42(18-12-25(27)21-26)28-11-15-37-34(39-28)41-16-8-17-41)31(40-19-13-36(6,7)14-20-40)30(24(2)38-23)32(33(43)44)45-35(3,4)5/h9-11,15,21,32H,8,12-14,16-20,22H2,1-7H3,(H,43,44). The summed E-state index contributed by atoms with van der Waals surface area (Å²) in [6.07, 6.45) is 4.91. The molecule has 0 aliphatic carbocycles. The van der Waals surface area contributed by atoms with E-state index in [9.17, 15) is 9.90 Å². The summed E-state index contributed by atoms with van der Waals surface area (Å²) >= 11 is 0. The van der Waals surface area contributed by atoms with Gasteiger partial charge >= 0.3 is 5.97 Å². The number of carboxylic acids is 1. The van der Waals surface area contributed by atoms with Crippen molar-refractivity contribution < 1.29 is 14.6 Å². The van der Waals surface area contributed by atoms with E-state index in [-0.39, 0.29) is 5.41 Å². The third kappa shape index (κ3) is 6.50. The topological polar surface area (TPSA) is 94.9 Å². The first-order valence-corrected chi connectivity index (χ1v) is 16.4. The lowest BCUT2D eigenvalue weighted by molar-refractivity contribution is -0.160. The second kappa shape index (κ2) is 11.9. The van der Waals surface area contributed by atoms with Crippen LogP contribution in [0.15, 0.2) is 30.5 Å². The molecule has 5 heterocycles. The highest BCUT2D eigenvalue weighted by Gasteiger charge is 2.36. The zero-order valence-corrected chi connectivity index (χ0v) is 28.0. The molecule has 1 aromatic carbocycles. The van der Waals surface area contributed by atoms with Crippen LogP contribution in [0, 0.1) is 19.3 Å². The molecule has 1 N–H and O–H groups in total. The smallest absolute Gasteiger partial charge is 0.337 e. The van der Waals surface area contributed by atoms with Gasteiger partial charge in [-0.05, 0) is 88.5 Å². The first kappa shape index (κ1) is 31.3. The molecule has 1 unspecified atom stereocenters. The van der Waals surface area contributed by atoms with Gasteiger partial charge in [-0.25, -0.2) is 9.78 Å². The van der Waals surface area contributed by atoms with Crippen molar-refractivity contribution in [1.29, 1.82) is 0 Å². The van der Waals surface area contributed by atoms with E-state index < -0.39 is 17.7 Å². The number of hydrogen-bond donors (Lipinski definition) is 1. The molecule has 9 nitrogen and oxygen atoms in total. The van der Waals surface area contributed by atoms with E-state index in [1.165, 1.54) is 17.5 Å². The third-order valence-electron chi connectivity index (χ3n) is 9.57. The molecule has 0 radical (unpaired) electrons. The van der Waals surface area contributed by atoms with Gasteiger partial charge in [-0.2, -0.15) is 4.98 Å². The highest BCUT2D eigenvalue weighted by Crippen LogP contribution is 2.45. The molecule has 2 saturated heterocycles. The summed E-state index contributed by atoms with van der Waals surface area (Å²) in [5, 5.41) is 10.5. The lowest BCUT2D eigenvalue weighted by Gasteiger charge is -2.41. The number of carbonyl (C=O) groups is 1. The van der Waals surface area contributed by atoms with Crippen molar-refractivity contribution in [1.82, 2.24) is 15.0 Å². The molecule has 2 aromatic heterocycles. The fraction of sp³-hybridized carbons (Fsp3) is 0.556. The predicted octanol–water partition coefficient (Wildman–Crippen LogP) is 6.50. The first-order valence-electron chi connectivity index (χ1n) is 16.4. The van der Waals surface area contributed by atoms with Gasteiger partial charge in [-0.15, -0.1) is 0 Å². The number of hydrogen-bond acceptors (Lipinski definition) is 8. The number of rotatable bonds is 7. The normalized spacial score (nSPS) is 18.8. The molecule has 0 bridgehead atoms. The molecule has 3 aliphatic heterocycles. The number of anilines is 3. The molecule has 6 rings (SSSR count). The summed E-state index contributed by atoms with van der Waals surface area (Å²) in [5.74, 6) is 0.802. The fourth-order valence-corrected chi connectivity index (χ4v) is 6.84. The molecule has 0 spiro atoms. The Kier molecular flexibility index (Phi) is 8.27. The van der Waals surface area contributed by atoms with Gasteiger partial charge in [-0.1, -0.05) is 32.0 Å². The molecule has 45 heavy (non-hydrogen) atoms. The molecule has 9 heteroatoms. The van der Waals surface area contributed by atoms with Gasteiger partial charge in [-0.3, -0.25) is 4.98 Å². The Hall–Kier alpha value is -3.72. The van der Waals surface area contributed by atoms with Crippen LogP contribution in [-0.4, -0.2) is 64.4 Å². The average molecular weight is 613 g/mol. The lowest BCUT2D eigenvalue weighted by atomic mass is 9.81. The van der Waals surface area contributed by atoms with E-state index in [1.54, 1.807) is 0 Å². The zero-order chi connectivity index (χ0) is 32.1. The number of aryl methyl sites for hydroxylation is 2. The van der Waals surface area contributed by atoms with Crippen molar-refractivity contribution in [3.63, 3.8) is 0 Å². The Morgan fingerprint density at radius 3 is 2.31 bits per heavy atom. The van der Waals surface area contributed by atoms with Crippen LogP contribution >= 0.6 is 0 Å². The van der Waals surface area contributed by atoms with Gasteiger partial charge in [0.1, 0.15) is 5.82 Å². The van der Waals surface area contributed by atoms with Gasteiger partial charge in [0.25, 0.3) is 0 Å². The Balaban J connectivity index is 1.40. The highest BCUT2D eigenvalue weighted by atomic mass is 16.5. The van der Waals surface area contributed by atoms with Crippen LogP contribution in [0.3, 0.4) is 0 Å². The van der Waals surface area contributed by atoms with Crippen LogP contribution < -0.4 is 14.7 Å². The Morgan fingerprint density at radius 2 is 1.67 bits per heavy atom. The Labute approximate surface area is 267 Å². The summed E-state index contributed by atoms with van der Waals surface area (Å²) in [4.78, 5) is 34.1. The van der Waals surface area contributed by atoms with Crippen molar-refractivity contribution in [2.24, 2.45) is 5.41 Å². The minimum atomic E-state index is -1.12. The first-order chi connectivity index (χ1) is 21.3. The highest BCUT2D eigenvalue weighted by molar-refractivity contribution is 5.88. The molecule has 1 atom stereocenters. The number of carboxylic acid groups (broad SMARTS) is 1. The number of nitrogens with zero attached hydrogens (tertiary/aromatic N) is 6. The van der Waals surface area contributed by atoms with Crippen LogP contribution in [0.25, 0.3) is 11.1 Å². The SMILES string of the molecule is Cc1nc(C)c(C(OC(C)(C)C)C(=O)O)c(N2CCC(C)(C)CC2)c1-c1ccc2c(c1)CCN(c1ccnc(N3CCC3)n1)C2. The van der Waals surface area contributed by atoms with Crippen molar-refractivity contribution in [3.8, 4) is 11.1 Å². The van der Waals surface area contributed by atoms with Crippen molar-refractivity contribution in [2.45, 2.75) is 92.4 Å². The summed E-state index contributed by atoms with van der Waals surface area (Å²) in [6, 6.07) is 8.74. The molecule has 0 saturated carbocycles. The number of fused-ring (bicyclic) bond motifs is 1. The van der Waals surface area contributed by atoms with E-state index in [0.717, 1.165) is 92.8 Å². The molecule has 0 amide bonds. The van der Waals surface area contributed by atoms with Crippen LogP contribution in [0.5, 0.6) is 0 Å². The third-order valence-corrected chi connectivity index (χ3v) is 9.57. The maximum absolute atomic E-state index is 12.8. The largest absolute Gasteiger partial charge is 0.479 e. The lowest BCUT2D eigenvalue weighted by Crippen LogP contribution is -2.39. The van der Waals surface area contributed by atoms with Crippen LogP contribution in [0.4, 0.5) is 17.5 Å². The summed E-state index contributed by atoms with van der Waals surface area (Å²) in [6.45, 7) is 19.8. The number of pyridine rings is 1. The number of piperidine rings is 1. The van der Waals surface area contributed by atoms with E-state index in [2.05, 4.69) is 58.7 Å². The van der Waals surface area contributed by atoms with Crippen molar-refractivity contribution in [2.75, 3.05) is 47.4 Å². The quantitative estimate of drug-likeness (QED) is 0.321. The minimum absolute atomic E-state index is 0.249. The van der Waals surface area contributed by atoms with Crippen molar-refractivity contribution in [3.05, 3.63) is 58.5 Å². The molecule has 2 fully saturated rings. The minimum Gasteiger partial charge on any atom is -0.479 e. The van der Waals surface area contributed by atoms with E-state index in [4.69, 9.17) is 14.7 Å². The van der Waals surface area contributed by atoms with Crippen LogP contribution in [0.2, 0.25) is 0 Å². The summed E-state index contributed by atoms with van der Waals surface area (Å²) in [7, 11) is 0. The molecular formula is C36H48N6O3. The van der Waals surface area contributed by atoms with Crippen LogP contribution in [-0.2, 0) is 22.5 Å². The van der Waals surface area contributed by atoms with Gasteiger partial charge in [0.2, 0.25) is 5.95 Å². The van der Waals surface area contributed by atoms with Crippen LogP contribution in [0.1, 0.15) is 88.1 Å². The van der Waals surface area contributed by atoms with E-state index in [0.29, 0.717) is 11.3 Å². The van der Waals surface area contributed by atoms with Gasteiger partial charge in [0.05, 0.1) is 11.3 Å².